The summed E-state index contributed by atoms with van der Waals surface area (Å²) in [6.45, 7) is 5.82. The molecular formula is C10H14BrNO. The molecule has 1 rings (SSSR count). The Morgan fingerprint density at radius 2 is 2.38 bits per heavy atom. The molecule has 3 heteroatoms. The molecule has 13 heavy (non-hydrogen) atoms. The van der Waals surface area contributed by atoms with Gasteiger partial charge in [-0.25, -0.2) is 0 Å². The molecule has 0 saturated carbocycles. The number of rotatable bonds is 4. The summed E-state index contributed by atoms with van der Waals surface area (Å²) in [5, 5.41) is 3.26. The maximum Gasteiger partial charge on any atom is 0.131 e. The molecule has 0 aliphatic carbocycles. The van der Waals surface area contributed by atoms with Crippen LogP contribution in [0.15, 0.2) is 32.9 Å². The van der Waals surface area contributed by atoms with Crippen LogP contribution in [0, 0.1) is 0 Å². The van der Waals surface area contributed by atoms with Gasteiger partial charge in [-0.1, -0.05) is 11.6 Å². The lowest BCUT2D eigenvalue weighted by molar-refractivity contribution is 0.488. The molecule has 2 nitrogen and oxygen atoms in total. The van der Waals surface area contributed by atoms with Crippen LogP contribution in [0.25, 0.3) is 0 Å². The molecule has 0 aromatic carbocycles. The Morgan fingerprint density at radius 1 is 1.62 bits per heavy atom. The van der Waals surface area contributed by atoms with E-state index in [2.05, 4.69) is 41.2 Å². The van der Waals surface area contributed by atoms with E-state index < -0.39 is 0 Å². The van der Waals surface area contributed by atoms with Crippen molar-refractivity contribution in [3.05, 3.63) is 34.2 Å². The summed E-state index contributed by atoms with van der Waals surface area (Å²) in [5.41, 5.74) is 1.33. The fraction of sp³-hybridized carbons (Fsp3) is 0.400. The maximum absolute atomic E-state index is 5.24. The Balaban J connectivity index is 2.28. The highest BCUT2D eigenvalue weighted by Crippen LogP contribution is 2.16. The number of hydrogen-bond acceptors (Lipinski definition) is 2. The summed E-state index contributed by atoms with van der Waals surface area (Å²) in [4.78, 5) is 0. The molecule has 1 aromatic heterocycles. The molecule has 1 heterocycles. The Hall–Kier alpha value is -0.540. The average Bonchev–Trinajstić information content (AvgIpc) is 2.45. The second kappa shape index (κ2) is 5.25. The van der Waals surface area contributed by atoms with Crippen LogP contribution in [0.2, 0.25) is 0 Å². The fourth-order valence-corrected chi connectivity index (χ4v) is 1.25. The van der Waals surface area contributed by atoms with Crippen molar-refractivity contribution in [2.45, 2.75) is 20.4 Å². The Morgan fingerprint density at radius 3 is 2.92 bits per heavy atom. The average molecular weight is 244 g/mol. The smallest absolute Gasteiger partial charge is 0.131 e. The van der Waals surface area contributed by atoms with Gasteiger partial charge in [-0.05, 0) is 35.8 Å². The molecular weight excluding hydrogens is 230 g/mol. The Labute approximate surface area is 87.1 Å². The first-order valence-corrected chi connectivity index (χ1v) is 5.05. The largest absolute Gasteiger partial charge is 0.467 e. The zero-order chi connectivity index (χ0) is 9.68. The highest BCUT2D eigenvalue weighted by atomic mass is 79.9. The van der Waals surface area contributed by atoms with Crippen molar-refractivity contribution < 1.29 is 4.42 Å². The molecule has 0 radical (unpaired) electrons. The first kappa shape index (κ1) is 10.5. The van der Waals surface area contributed by atoms with Gasteiger partial charge in [-0.3, -0.25) is 0 Å². The van der Waals surface area contributed by atoms with Crippen LogP contribution in [0.4, 0.5) is 0 Å². The summed E-state index contributed by atoms with van der Waals surface area (Å²) in [7, 11) is 0. The molecule has 0 atom stereocenters. The summed E-state index contributed by atoms with van der Waals surface area (Å²) in [6.07, 6.45) is 3.83. The van der Waals surface area contributed by atoms with E-state index in [-0.39, 0.29) is 0 Å². The van der Waals surface area contributed by atoms with E-state index in [1.807, 2.05) is 6.07 Å². The van der Waals surface area contributed by atoms with E-state index in [4.69, 9.17) is 4.42 Å². The van der Waals surface area contributed by atoms with E-state index in [1.54, 1.807) is 6.26 Å². The molecule has 0 amide bonds. The highest BCUT2D eigenvalue weighted by Gasteiger charge is 2.00. The lowest BCUT2D eigenvalue weighted by atomic mass is 10.3. The van der Waals surface area contributed by atoms with Crippen molar-refractivity contribution in [1.82, 2.24) is 5.32 Å². The number of allylic oxidation sites excluding steroid dienone is 1. The monoisotopic (exact) mass is 243 g/mol. The number of halogens is 1. The van der Waals surface area contributed by atoms with E-state index in [0.717, 1.165) is 23.3 Å². The van der Waals surface area contributed by atoms with Crippen LogP contribution >= 0.6 is 15.9 Å². The van der Waals surface area contributed by atoms with Gasteiger partial charge in [-0.2, -0.15) is 0 Å². The van der Waals surface area contributed by atoms with Gasteiger partial charge in [0.1, 0.15) is 5.76 Å². The van der Waals surface area contributed by atoms with E-state index in [0.29, 0.717) is 0 Å². The predicted molar refractivity (Wildman–Crippen MR) is 57.5 cm³/mol. The lowest BCUT2D eigenvalue weighted by Gasteiger charge is -1.99. The minimum Gasteiger partial charge on any atom is -0.467 e. The van der Waals surface area contributed by atoms with Crippen molar-refractivity contribution in [1.29, 1.82) is 0 Å². The molecule has 0 bridgehead atoms. The third-order valence-electron chi connectivity index (χ3n) is 1.63. The predicted octanol–water partition coefficient (Wildman–Crippen LogP) is 3.10. The van der Waals surface area contributed by atoms with Gasteiger partial charge in [0.15, 0.2) is 0 Å². The number of furan rings is 1. The third-order valence-corrected chi connectivity index (χ3v) is 2.34. The van der Waals surface area contributed by atoms with Gasteiger partial charge in [0.2, 0.25) is 0 Å². The summed E-state index contributed by atoms with van der Waals surface area (Å²) in [5.74, 6) is 0.946. The van der Waals surface area contributed by atoms with Crippen molar-refractivity contribution in [2.75, 3.05) is 6.54 Å². The normalized spacial score (nSPS) is 10.1. The molecule has 0 spiro atoms. The Kier molecular flexibility index (Phi) is 4.25. The molecule has 0 saturated heterocycles. The minimum absolute atomic E-state index is 0.761. The molecule has 0 unspecified atom stereocenters. The second-order valence-electron chi connectivity index (χ2n) is 3.10. The topological polar surface area (TPSA) is 25.2 Å². The fourth-order valence-electron chi connectivity index (χ4n) is 0.913. The summed E-state index contributed by atoms with van der Waals surface area (Å²) in [6, 6.07) is 1.90. The lowest BCUT2D eigenvalue weighted by Crippen LogP contribution is -2.12. The first-order valence-electron chi connectivity index (χ1n) is 4.26. The van der Waals surface area contributed by atoms with Gasteiger partial charge in [0.05, 0.1) is 17.3 Å². The van der Waals surface area contributed by atoms with Gasteiger partial charge < -0.3 is 9.73 Å². The minimum atomic E-state index is 0.761. The first-order chi connectivity index (χ1) is 6.20. The maximum atomic E-state index is 5.24. The molecule has 0 aliphatic heterocycles. The van der Waals surface area contributed by atoms with Crippen LogP contribution < -0.4 is 5.32 Å². The summed E-state index contributed by atoms with van der Waals surface area (Å²) < 4.78 is 6.27. The second-order valence-corrected chi connectivity index (χ2v) is 3.96. The summed E-state index contributed by atoms with van der Waals surface area (Å²) >= 11 is 3.40. The molecule has 72 valence electrons. The Bertz CT molecular complexity index is 287. The molecule has 1 N–H and O–H groups in total. The SMILES string of the molecule is CC(C)=CCNCc1occc1Br. The highest BCUT2D eigenvalue weighted by molar-refractivity contribution is 9.10. The number of nitrogens with one attached hydrogen (secondary N) is 1. The van der Waals surface area contributed by atoms with E-state index in [9.17, 15) is 0 Å². The van der Waals surface area contributed by atoms with Crippen LogP contribution in [0.1, 0.15) is 19.6 Å². The van der Waals surface area contributed by atoms with Crippen LogP contribution in [0.5, 0.6) is 0 Å². The van der Waals surface area contributed by atoms with Gasteiger partial charge in [0, 0.05) is 6.54 Å². The van der Waals surface area contributed by atoms with E-state index in [1.165, 1.54) is 5.57 Å². The zero-order valence-electron chi connectivity index (χ0n) is 7.93. The van der Waals surface area contributed by atoms with Crippen molar-refractivity contribution in [2.24, 2.45) is 0 Å². The molecule has 1 aromatic rings. The quantitative estimate of drug-likeness (QED) is 0.650. The van der Waals surface area contributed by atoms with Crippen LogP contribution in [-0.2, 0) is 6.54 Å². The van der Waals surface area contributed by atoms with Gasteiger partial charge in [-0.15, -0.1) is 0 Å². The zero-order valence-corrected chi connectivity index (χ0v) is 9.52. The van der Waals surface area contributed by atoms with Gasteiger partial charge >= 0.3 is 0 Å². The van der Waals surface area contributed by atoms with E-state index >= 15 is 0 Å². The van der Waals surface area contributed by atoms with Crippen LogP contribution in [0.3, 0.4) is 0 Å². The van der Waals surface area contributed by atoms with Crippen molar-refractivity contribution in [3.8, 4) is 0 Å². The third kappa shape index (κ3) is 3.79. The molecule has 0 fully saturated rings. The van der Waals surface area contributed by atoms with Gasteiger partial charge in [0.25, 0.3) is 0 Å². The number of hydrogen-bond donors (Lipinski definition) is 1. The molecule has 0 aliphatic rings. The van der Waals surface area contributed by atoms with Crippen molar-refractivity contribution in [3.63, 3.8) is 0 Å². The standard InChI is InChI=1S/C10H14BrNO/c1-8(2)3-5-12-7-10-9(11)4-6-13-10/h3-4,6,12H,5,7H2,1-2H3. The van der Waals surface area contributed by atoms with Crippen LogP contribution in [-0.4, -0.2) is 6.54 Å². The van der Waals surface area contributed by atoms with Crippen molar-refractivity contribution >= 4 is 15.9 Å².